The molecule has 1 aliphatic heterocycles. The minimum Gasteiger partial charge on any atom is -0.444 e. The van der Waals surface area contributed by atoms with E-state index in [4.69, 9.17) is 4.74 Å². The van der Waals surface area contributed by atoms with Crippen LogP contribution in [0.25, 0.3) is 0 Å². The molecular weight excluding hydrogens is 465 g/mol. The Morgan fingerprint density at radius 3 is 2.46 bits per heavy atom. The van der Waals surface area contributed by atoms with Gasteiger partial charge in [0.1, 0.15) is 11.4 Å². The Balaban J connectivity index is 1.65. The molecule has 5 nitrogen and oxygen atoms in total. The van der Waals surface area contributed by atoms with Gasteiger partial charge in [-0.25, -0.2) is 9.18 Å². The van der Waals surface area contributed by atoms with Crippen LogP contribution in [0.4, 0.5) is 9.18 Å². The summed E-state index contributed by atoms with van der Waals surface area (Å²) in [7, 11) is 0. The zero-order valence-electron chi connectivity index (χ0n) is 22.6. The quantitative estimate of drug-likeness (QED) is 0.481. The maximum Gasteiger partial charge on any atom is 0.407 e. The second kappa shape index (κ2) is 10.8. The third-order valence-corrected chi connectivity index (χ3v) is 8.46. The van der Waals surface area contributed by atoms with Gasteiger partial charge in [0.15, 0.2) is 0 Å². The fourth-order valence-electron chi connectivity index (χ4n) is 6.73. The van der Waals surface area contributed by atoms with Crippen LogP contribution in [0.1, 0.15) is 70.9 Å². The van der Waals surface area contributed by atoms with E-state index in [2.05, 4.69) is 47.5 Å². The first kappa shape index (κ1) is 27.1. The molecule has 0 unspecified atom stereocenters. The van der Waals surface area contributed by atoms with Gasteiger partial charge < -0.3 is 10.1 Å². The Morgan fingerprint density at radius 2 is 1.84 bits per heavy atom. The lowest BCUT2D eigenvalue weighted by Gasteiger charge is -2.52. The van der Waals surface area contributed by atoms with E-state index >= 15 is 0 Å². The van der Waals surface area contributed by atoms with Gasteiger partial charge in [-0.05, 0) is 88.7 Å². The summed E-state index contributed by atoms with van der Waals surface area (Å²) < 4.78 is 20.2. The fourth-order valence-corrected chi connectivity index (χ4v) is 6.73. The predicted molar refractivity (Wildman–Crippen MR) is 143 cm³/mol. The Kier molecular flexibility index (Phi) is 7.94. The van der Waals surface area contributed by atoms with Crippen LogP contribution in [-0.2, 0) is 16.7 Å². The Hall–Kier alpha value is -2.91. The van der Waals surface area contributed by atoms with Gasteiger partial charge in [-0.1, -0.05) is 55.8 Å². The average molecular weight is 506 g/mol. The van der Waals surface area contributed by atoms with Crippen molar-refractivity contribution < 1.29 is 13.9 Å². The van der Waals surface area contributed by atoms with Gasteiger partial charge in [0.2, 0.25) is 0 Å². The molecule has 1 amide bonds. The molecule has 2 aromatic carbocycles. The summed E-state index contributed by atoms with van der Waals surface area (Å²) >= 11 is 0. The van der Waals surface area contributed by atoms with Crippen LogP contribution >= 0.6 is 0 Å². The van der Waals surface area contributed by atoms with Gasteiger partial charge >= 0.3 is 6.09 Å². The van der Waals surface area contributed by atoms with Gasteiger partial charge in [0.05, 0.1) is 11.5 Å². The van der Waals surface area contributed by atoms with Crippen molar-refractivity contribution in [3.63, 3.8) is 0 Å². The zero-order valence-corrected chi connectivity index (χ0v) is 22.6. The smallest absolute Gasteiger partial charge is 0.407 e. The van der Waals surface area contributed by atoms with Gasteiger partial charge in [-0.3, -0.25) is 4.90 Å². The van der Waals surface area contributed by atoms with Crippen molar-refractivity contribution in [2.45, 2.75) is 83.4 Å². The first-order chi connectivity index (χ1) is 17.6. The van der Waals surface area contributed by atoms with Crippen LogP contribution in [0.15, 0.2) is 54.6 Å². The molecule has 2 fully saturated rings. The van der Waals surface area contributed by atoms with Crippen LogP contribution in [0.5, 0.6) is 0 Å². The number of likely N-dealkylation sites (tertiary alicyclic amines) is 1. The number of carbonyl (C=O) groups is 1. The van der Waals surface area contributed by atoms with E-state index in [1.54, 1.807) is 6.07 Å². The minimum atomic E-state index is -0.940. The lowest BCUT2D eigenvalue weighted by atomic mass is 9.52. The number of carbonyl (C=O) groups excluding carboxylic acids is 1. The molecule has 6 heteroatoms. The number of hydrogen-bond acceptors (Lipinski definition) is 4. The topological polar surface area (TPSA) is 65.4 Å². The first-order valence-corrected chi connectivity index (χ1v) is 13.5. The summed E-state index contributed by atoms with van der Waals surface area (Å²) in [6, 6.07) is 19.5. The van der Waals surface area contributed by atoms with Crippen molar-refractivity contribution in [2.24, 2.45) is 11.3 Å². The summed E-state index contributed by atoms with van der Waals surface area (Å²) in [5.74, 6) is -0.297. The fraction of sp³-hybridized carbons (Fsp3) is 0.548. The molecule has 1 saturated heterocycles. The molecule has 0 radical (unpaired) electrons. The first-order valence-electron chi connectivity index (χ1n) is 13.5. The number of hydrogen-bond donors (Lipinski definition) is 1. The predicted octanol–water partition coefficient (Wildman–Crippen LogP) is 6.58. The highest BCUT2D eigenvalue weighted by molar-refractivity contribution is 5.68. The highest BCUT2D eigenvalue weighted by atomic mass is 19.1. The molecular formula is C31H40FN3O2. The Morgan fingerprint density at radius 1 is 1.14 bits per heavy atom. The van der Waals surface area contributed by atoms with Gasteiger partial charge in [0.25, 0.3) is 0 Å². The van der Waals surface area contributed by atoms with Crippen molar-refractivity contribution in [3.8, 4) is 6.07 Å². The van der Waals surface area contributed by atoms with E-state index < -0.39 is 22.5 Å². The minimum absolute atomic E-state index is 0.0392. The third-order valence-electron chi connectivity index (χ3n) is 8.46. The van der Waals surface area contributed by atoms with Crippen LogP contribution in [0.3, 0.4) is 0 Å². The number of nitrogens with zero attached hydrogens (tertiary/aromatic N) is 2. The highest BCUT2D eigenvalue weighted by Gasteiger charge is 2.60. The maximum atomic E-state index is 14.6. The Bertz CT molecular complexity index is 1120. The monoisotopic (exact) mass is 505 g/mol. The van der Waals surface area contributed by atoms with Gasteiger partial charge in [-0.15, -0.1) is 0 Å². The van der Waals surface area contributed by atoms with Gasteiger partial charge in [-0.2, -0.15) is 5.26 Å². The van der Waals surface area contributed by atoms with Crippen LogP contribution < -0.4 is 5.32 Å². The molecule has 198 valence electrons. The molecule has 3 atom stereocenters. The van der Waals surface area contributed by atoms with E-state index in [9.17, 15) is 14.4 Å². The van der Waals surface area contributed by atoms with E-state index in [1.165, 1.54) is 17.7 Å². The average Bonchev–Trinajstić information content (AvgIpc) is 3.21. The molecule has 4 rings (SSSR count). The van der Waals surface area contributed by atoms with E-state index in [1.807, 2.05) is 32.9 Å². The number of piperidine rings is 1. The lowest BCUT2D eigenvalue weighted by molar-refractivity contribution is 0.0287. The van der Waals surface area contributed by atoms with Crippen LogP contribution in [-0.4, -0.2) is 35.7 Å². The molecule has 1 heterocycles. The number of benzene rings is 2. The maximum absolute atomic E-state index is 14.6. The van der Waals surface area contributed by atoms with Crippen molar-refractivity contribution in [1.82, 2.24) is 10.2 Å². The normalized spacial score (nSPS) is 24.7. The SMILES string of the molecule is CC(C)(C)OC(=O)N[C@H]1CCC[C@]1(C)[C@](C#N)(c1cccc(F)c1)C1CCN(Cc2ccccc2)CC1. The standard InChI is InChI=1S/C31H40FN3O2/c1-29(2,3)37-28(36)34-27-14-9-17-30(27,4)31(22-33,25-12-8-13-26(32)20-25)24-15-18-35(19-16-24)21-23-10-6-5-7-11-23/h5-8,10-13,20,24,27H,9,14-19,21H2,1-4H3,(H,34,36)/t27-,30-,31-/m0/s1. The van der Waals surface area contributed by atoms with E-state index in [-0.39, 0.29) is 17.8 Å². The molecule has 1 aliphatic carbocycles. The number of nitriles is 1. The zero-order chi connectivity index (χ0) is 26.7. The van der Waals surface area contributed by atoms with Crippen molar-refractivity contribution >= 4 is 6.09 Å². The lowest BCUT2D eigenvalue weighted by Crippen LogP contribution is -2.58. The van der Waals surface area contributed by atoms with E-state index in [0.717, 1.165) is 57.3 Å². The highest BCUT2D eigenvalue weighted by Crippen LogP contribution is 2.58. The summed E-state index contributed by atoms with van der Waals surface area (Å²) in [6.07, 6.45) is 3.65. The summed E-state index contributed by atoms with van der Waals surface area (Å²) in [5.41, 5.74) is -0.124. The number of ether oxygens (including phenoxy) is 1. The summed E-state index contributed by atoms with van der Waals surface area (Å²) in [5, 5.41) is 14.1. The number of halogens is 1. The second-order valence-corrected chi connectivity index (χ2v) is 12.0. The number of rotatable bonds is 6. The largest absolute Gasteiger partial charge is 0.444 e. The number of nitrogens with one attached hydrogen (secondary N) is 1. The molecule has 2 aromatic rings. The van der Waals surface area contributed by atoms with E-state index in [0.29, 0.717) is 0 Å². The van der Waals surface area contributed by atoms with Crippen LogP contribution in [0, 0.1) is 28.5 Å². The van der Waals surface area contributed by atoms with Crippen molar-refractivity contribution in [3.05, 3.63) is 71.5 Å². The third kappa shape index (κ3) is 5.67. The molecule has 1 saturated carbocycles. The molecule has 0 spiro atoms. The number of alkyl carbamates (subject to hydrolysis) is 1. The van der Waals surface area contributed by atoms with Crippen LogP contribution in [0.2, 0.25) is 0 Å². The van der Waals surface area contributed by atoms with Crippen molar-refractivity contribution in [2.75, 3.05) is 13.1 Å². The second-order valence-electron chi connectivity index (χ2n) is 12.0. The molecule has 0 aromatic heterocycles. The Labute approximate surface area is 221 Å². The molecule has 1 N–H and O–H groups in total. The van der Waals surface area contributed by atoms with Gasteiger partial charge in [0, 0.05) is 18.0 Å². The summed E-state index contributed by atoms with van der Waals surface area (Å²) in [6.45, 7) is 10.3. The molecule has 0 bridgehead atoms. The summed E-state index contributed by atoms with van der Waals surface area (Å²) in [4.78, 5) is 15.3. The number of amides is 1. The molecule has 37 heavy (non-hydrogen) atoms. The molecule has 2 aliphatic rings. The van der Waals surface area contributed by atoms with Crippen molar-refractivity contribution in [1.29, 1.82) is 5.26 Å².